The molecule has 0 saturated carbocycles. The van der Waals surface area contributed by atoms with Gasteiger partial charge in [0.1, 0.15) is 0 Å². The van der Waals surface area contributed by atoms with Crippen LogP contribution in [0.1, 0.15) is 31.2 Å². The second kappa shape index (κ2) is 6.71. The fraction of sp³-hybridized carbons (Fsp3) is 0.750. The number of aromatic nitrogens is 2. The van der Waals surface area contributed by atoms with Crippen LogP contribution in [0.2, 0.25) is 0 Å². The quantitative estimate of drug-likeness (QED) is 0.913. The maximum absolute atomic E-state index is 9.57. The first kappa shape index (κ1) is 14.7. The van der Waals surface area contributed by atoms with Crippen molar-refractivity contribution in [3.8, 4) is 0 Å². The van der Waals surface area contributed by atoms with Gasteiger partial charge >= 0.3 is 0 Å². The highest BCUT2D eigenvalue weighted by Gasteiger charge is 2.24. The molecule has 5 heteroatoms. The van der Waals surface area contributed by atoms with Gasteiger partial charge in [0, 0.05) is 45.1 Å². The minimum absolute atomic E-state index is 0.0678. The third-order valence-electron chi connectivity index (χ3n) is 4.74. The minimum Gasteiger partial charge on any atom is -0.393 e. The second-order valence-electron chi connectivity index (χ2n) is 6.52. The van der Waals surface area contributed by atoms with Gasteiger partial charge in [0.05, 0.1) is 6.10 Å². The van der Waals surface area contributed by atoms with Crippen LogP contribution in [0.15, 0.2) is 12.4 Å². The average Bonchev–Trinajstić information content (AvgIpc) is 2.51. The zero-order valence-corrected chi connectivity index (χ0v) is 12.9. The Balaban J connectivity index is 1.45. The van der Waals surface area contributed by atoms with Gasteiger partial charge in [0.2, 0.25) is 5.95 Å². The summed E-state index contributed by atoms with van der Waals surface area (Å²) in [5.41, 5.74) is 1.11. The summed E-state index contributed by atoms with van der Waals surface area (Å²) < 4.78 is 0. The van der Waals surface area contributed by atoms with Crippen molar-refractivity contribution in [2.45, 2.75) is 38.7 Å². The summed E-state index contributed by atoms with van der Waals surface area (Å²) in [5.74, 6) is 1.65. The summed E-state index contributed by atoms with van der Waals surface area (Å²) in [6, 6.07) is 0. The molecule has 0 spiro atoms. The number of aliphatic hydroxyl groups excluding tert-OH is 1. The molecule has 0 unspecified atom stereocenters. The third kappa shape index (κ3) is 3.92. The molecule has 21 heavy (non-hydrogen) atoms. The lowest BCUT2D eigenvalue weighted by Gasteiger charge is -2.36. The smallest absolute Gasteiger partial charge is 0.225 e. The van der Waals surface area contributed by atoms with Crippen LogP contribution in [0, 0.1) is 12.8 Å². The molecule has 5 nitrogen and oxygen atoms in total. The van der Waals surface area contributed by atoms with Crippen LogP contribution in [0.25, 0.3) is 0 Å². The van der Waals surface area contributed by atoms with Gasteiger partial charge in [-0.1, -0.05) is 0 Å². The number of anilines is 1. The van der Waals surface area contributed by atoms with Crippen LogP contribution < -0.4 is 4.90 Å². The number of hydrogen-bond donors (Lipinski definition) is 1. The summed E-state index contributed by atoms with van der Waals surface area (Å²) in [6.07, 6.45) is 8.04. The number of aryl methyl sites for hydroxylation is 1. The van der Waals surface area contributed by atoms with E-state index in [0.29, 0.717) is 0 Å². The molecule has 2 saturated heterocycles. The largest absolute Gasteiger partial charge is 0.393 e. The van der Waals surface area contributed by atoms with E-state index >= 15 is 0 Å². The Hall–Kier alpha value is -1.20. The number of hydrogen-bond acceptors (Lipinski definition) is 5. The highest BCUT2D eigenvalue weighted by Crippen LogP contribution is 2.22. The van der Waals surface area contributed by atoms with E-state index in [1.165, 1.54) is 19.4 Å². The zero-order valence-electron chi connectivity index (χ0n) is 12.9. The molecule has 0 bridgehead atoms. The lowest BCUT2D eigenvalue weighted by Crippen LogP contribution is -2.42. The van der Waals surface area contributed by atoms with E-state index < -0.39 is 0 Å². The van der Waals surface area contributed by atoms with Gasteiger partial charge in [-0.15, -0.1) is 0 Å². The first-order chi connectivity index (χ1) is 10.2. The second-order valence-corrected chi connectivity index (χ2v) is 6.52. The van der Waals surface area contributed by atoms with Crippen molar-refractivity contribution < 1.29 is 5.11 Å². The van der Waals surface area contributed by atoms with Crippen LogP contribution in [-0.4, -0.2) is 58.8 Å². The summed E-state index contributed by atoms with van der Waals surface area (Å²) >= 11 is 0. The molecule has 1 N–H and O–H groups in total. The summed E-state index contributed by atoms with van der Waals surface area (Å²) in [6.45, 7) is 7.44. The number of aliphatic hydroxyl groups is 1. The van der Waals surface area contributed by atoms with E-state index in [-0.39, 0.29) is 6.10 Å². The van der Waals surface area contributed by atoms with E-state index in [9.17, 15) is 5.11 Å². The predicted octanol–water partition coefficient (Wildman–Crippen LogP) is 1.46. The monoisotopic (exact) mass is 290 g/mol. The van der Waals surface area contributed by atoms with E-state index in [0.717, 1.165) is 56.5 Å². The molecule has 0 aliphatic carbocycles. The maximum atomic E-state index is 9.57. The summed E-state index contributed by atoms with van der Waals surface area (Å²) in [4.78, 5) is 13.7. The molecule has 0 atom stereocenters. The van der Waals surface area contributed by atoms with Gasteiger partial charge in [0.25, 0.3) is 0 Å². The fourth-order valence-electron chi connectivity index (χ4n) is 3.33. The SMILES string of the molecule is Cc1cnc(N2CCC(CN3CCC(O)CC3)CC2)nc1. The van der Waals surface area contributed by atoms with Gasteiger partial charge in [0.15, 0.2) is 0 Å². The van der Waals surface area contributed by atoms with Crippen molar-refractivity contribution in [1.82, 2.24) is 14.9 Å². The van der Waals surface area contributed by atoms with Crippen LogP contribution in [-0.2, 0) is 0 Å². The summed E-state index contributed by atoms with van der Waals surface area (Å²) in [5, 5.41) is 9.57. The number of rotatable bonds is 3. The standard InChI is InChI=1S/C16H26N4O/c1-13-10-17-16(18-11-13)20-8-2-14(3-9-20)12-19-6-4-15(21)5-7-19/h10-11,14-15,21H,2-9,12H2,1H3. The topological polar surface area (TPSA) is 52.5 Å². The minimum atomic E-state index is -0.0678. The molecule has 3 rings (SSSR count). The van der Waals surface area contributed by atoms with Gasteiger partial charge in [-0.05, 0) is 44.1 Å². The zero-order chi connectivity index (χ0) is 14.7. The molecule has 116 valence electrons. The van der Waals surface area contributed by atoms with Gasteiger partial charge in [-0.2, -0.15) is 0 Å². The van der Waals surface area contributed by atoms with Gasteiger partial charge < -0.3 is 14.9 Å². The van der Waals surface area contributed by atoms with Crippen LogP contribution >= 0.6 is 0 Å². The summed E-state index contributed by atoms with van der Waals surface area (Å²) in [7, 11) is 0. The van der Waals surface area contributed by atoms with E-state index in [4.69, 9.17) is 0 Å². The Labute approximate surface area is 127 Å². The normalized spacial score (nSPS) is 22.7. The first-order valence-corrected chi connectivity index (χ1v) is 8.15. The van der Waals surface area contributed by atoms with Gasteiger partial charge in [-0.25, -0.2) is 9.97 Å². The predicted molar refractivity (Wildman–Crippen MR) is 83.4 cm³/mol. The molecule has 0 radical (unpaired) electrons. The van der Waals surface area contributed by atoms with Gasteiger partial charge in [-0.3, -0.25) is 0 Å². The third-order valence-corrected chi connectivity index (χ3v) is 4.74. The Morgan fingerprint density at radius 3 is 2.29 bits per heavy atom. The number of likely N-dealkylation sites (tertiary alicyclic amines) is 1. The van der Waals surface area contributed by atoms with Crippen molar-refractivity contribution >= 4 is 5.95 Å². The average molecular weight is 290 g/mol. The Morgan fingerprint density at radius 2 is 1.67 bits per heavy atom. The van der Waals surface area contributed by atoms with E-state index in [1.54, 1.807) is 0 Å². The molecular weight excluding hydrogens is 264 g/mol. The first-order valence-electron chi connectivity index (χ1n) is 8.15. The Kier molecular flexibility index (Phi) is 4.70. The van der Waals surface area contributed by atoms with Crippen molar-refractivity contribution in [2.75, 3.05) is 37.6 Å². The van der Waals surface area contributed by atoms with E-state index in [1.807, 2.05) is 19.3 Å². The highest BCUT2D eigenvalue weighted by molar-refractivity contribution is 5.30. The molecule has 1 aromatic heterocycles. The van der Waals surface area contributed by atoms with E-state index in [2.05, 4.69) is 19.8 Å². The molecular formula is C16H26N4O. The molecule has 2 aliphatic heterocycles. The van der Waals surface area contributed by atoms with Crippen molar-refractivity contribution in [1.29, 1.82) is 0 Å². The molecule has 3 heterocycles. The number of piperidine rings is 2. The molecule has 2 fully saturated rings. The maximum Gasteiger partial charge on any atom is 0.225 e. The highest BCUT2D eigenvalue weighted by atomic mass is 16.3. The van der Waals surface area contributed by atoms with Crippen LogP contribution in [0.5, 0.6) is 0 Å². The molecule has 2 aliphatic rings. The van der Waals surface area contributed by atoms with Crippen molar-refractivity contribution in [3.05, 3.63) is 18.0 Å². The van der Waals surface area contributed by atoms with Crippen molar-refractivity contribution in [3.63, 3.8) is 0 Å². The molecule has 0 amide bonds. The fourth-order valence-corrected chi connectivity index (χ4v) is 3.33. The van der Waals surface area contributed by atoms with Crippen LogP contribution in [0.4, 0.5) is 5.95 Å². The Morgan fingerprint density at radius 1 is 1.05 bits per heavy atom. The van der Waals surface area contributed by atoms with Crippen molar-refractivity contribution in [2.24, 2.45) is 5.92 Å². The Bertz CT molecular complexity index is 434. The molecule has 0 aromatic carbocycles. The van der Waals surface area contributed by atoms with Crippen LogP contribution in [0.3, 0.4) is 0 Å². The lowest BCUT2D eigenvalue weighted by molar-refractivity contribution is 0.0723. The molecule has 1 aromatic rings. The number of nitrogens with zero attached hydrogens (tertiary/aromatic N) is 4. The lowest BCUT2D eigenvalue weighted by atomic mass is 9.95.